The summed E-state index contributed by atoms with van der Waals surface area (Å²) in [7, 11) is -2.25. The van der Waals surface area contributed by atoms with Gasteiger partial charge >= 0.3 is 0 Å². The van der Waals surface area contributed by atoms with E-state index in [1.807, 2.05) is 0 Å². The number of nitrogens with zero attached hydrogens (tertiary/aromatic N) is 1. The third-order valence-electron chi connectivity index (χ3n) is 2.59. The number of anilines is 1. The zero-order chi connectivity index (χ0) is 14.8. The smallest absolute Gasteiger partial charge is 0.264 e. The second-order valence-electron chi connectivity index (χ2n) is 4.04. The predicted octanol–water partition coefficient (Wildman–Crippen LogP) is 0.888. The quantitative estimate of drug-likeness (QED) is 0.872. The summed E-state index contributed by atoms with van der Waals surface area (Å²) >= 11 is 0. The monoisotopic (exact) mass is 295 g/mol. The fourth-order valence-corrected chi connectivity index (χ4v) is 2.70. The summed E-state index contributed by atoms with van der Waals surface area (Å²) in [4.78, 5) is 11.0. The Morgan fingerprint density at radius 1 is 1.25 bits per heavy atom. The summed E-state index contributed by atoms with van der Waals surface area (Å²) in [5, 5.41) is 5.74. The highest BCUT2D eigenvalue weighted by Gasteiger charge is 2.16. The maximum atomic E-state index is 12.2. The molecule has 1 aromatic carbocycles. The van der Waals surface area contributed by atoms with E-state index in [0.29, 0.717) is 11.3 Å². The zero-order valence-electron chi connectivity index (χ0n) is 10.9. The topological polar surface area (TPSA) is 101 Å². The average molecular weight is 295 g/mol. The van der Waals surface area contributed by atoms with E-state index in [-0.39, 0.29) is 10.7 Å². The molecule has 1 heterocycles. The largest absolute Gasteiger partial charge is 0.496 e. The van der Waals surface area contributed by atoms with Crippen LogP contribution in [0.5, 0.6) is 5.75 Å². The number of nitrogens with one attached hydrogen (secondary N) is 2. The van der Waals surface area contributed by atoms with Crippen molar-refractivity contribution in [3.8, 4) is 5.75 Å². The second-order valence-corrected chi connectivity index (χ2v) is 5.73. The van der Waals surface area contributed by atoms with Crippen molar-refractivity contribution < 1.29 is 13.2 Å². The van der Waals surface area contributed by atoms with E-state index in [1.165, 1.54) is 31.4 Å². The number of ether oxygens (including phenoxy) is 1. The van der Waals surface area contributed by atoms with Crippen LogP contribution in [-0.2, 0) is 10.0 Å². The van der Waals surface area contributed by atoms with Crippen molar-refractivity contribution in [2.75, 3.05) is 11.8 Å². The van der Waals surface area contributed by atoms with Gasteiger partial charge in [-0.25, -0.2) is 13.5 Å². The van der Waals surface area contributed by atoms with Gasteiger partial charge in [-0.1, -0.05) is 0 Å². The second kappa shape index (κ2) is 5.33. The highest BCUT2D eigenvalue weighted by Crippen LogP contribution is 2.22. The molecule has 106 valence electrons. The van der Waals surface area contributed by atoms with Gasteiger partial charge < -0.3 is 4.74 Å². The molecule has 7 nitrogen and oxygen atoms in total. The molecule has 2 aromatic rings. The van der Waals surface area contributed by atoms with Gasteiger partial charge in [0.15, 0.2) is 5.82 Å². The Morgan fingerprint density at radius 2 is 2.00 bits per heavy atom. The van der Waals surface area contributed by atoms with Crippen LogP contribution in [-0.4, -0.2) is 25.7 Å². The minimum Gasteiger partial charge on any atom is -0.496 e. The predicted molar refractivity (Wildman–Crippen MR) is 73.4 cm³/mol. The van der Waals surface area contributed by atoms with Crippen LogP contribution >= 0.6 is 0 Å². The standard InChI is InChI=1S/C12H13N3O4S/c1-8-7-9(3-4-10(8)19-2)20(17,18)15-11-5-6-12(16)14-13-11/h3-7H,1-2H3,(H,13,15)(H,14,16). The molecule has 0 amide bonds. The van der Waals surface area contributed by atoms with Crippen LogP contribution in [0.3, 0.4) is 0 Å². The number of methoxy groups -OCH3 is 1. The number of sulfonamides is 1. The number of H-pyrrole nitrogens is 1. The van der Waals surface area contributed by atoms with Gasteiger partial charge in [0.1, 0.15) is 5.75 Å². The molecule has 0 fully saturated rings. The van der Waals surface area contributed by atoms with E-state index in [1.54, 1.807) is 13.0 Å². The van der Waals surface area contributed by atoms with E-state index in [0.717, 1.165) is 0 Å². The van der Waals surface area contributed by atoms with Crippen LogP contribution in [0.2, 0.25) is 0 Å². The number of aryl methyl sites for hydroxylation is 1. The maximum absolute atomic E-state index is 12.2. The van der Waals surface area contributed by atoms with Crippen LogP contribution in [0, 0.1) is 6.92 Å². The molecule has 0 atom stereocenters. The number of aromatic nitrogens is 2. The molecule has 1 aromatic heterocycles. The number of rotatable bonds is 4. The summed E-state index contributed by atoms with van der Waals surface area (Å²) in [6.07, 6.45) is 0. The Balaban J connectivity index is 2.33. The molecule has 0 aliphatic carbocycles. The van der Waals surface area contributed by atoms with Gasteiger partial charge in [-0.05, 0) is 36.8 Å². The van der Waals surface area contributed by atoms with E-state index < -0.39 is 15.6 Å². The molecule has 2 rings (SSSR count). The summed E-state index contributed by atoms with van der Waals surface area (Å²) in [5.74, 6) is 0.643. The van der Waals surface area contributed by atoms with E-state index >= 15 is 0 Å². The van der Waals surface area contributed by atoms with Gasteiger partial charge in [-0.15, -0.1) is 0 Å². The maximum Gasteiger partial charge on any atom is 0.264 e. The molecule has 0 saturated carbocycles. The van der Waals surface area contributed by atoms with E-state index in [2.05, 4.69) is 14.9 Å². The third-order valence-corrected chi connectivity index (χ3v) is 3.95. The van der Waals surface area contributed by atoms with Crippen molar-refractivity contribution in [3.05, 3.63) is 46.2 Å². The molecule has 0 saturated heterocycles. The first-order valence-electron chi connectivity index (χ1n) is 5.65. The van der Waals surface area contributed by atoms with Crippen LogP contribution in [0.1, 0.15) is 5.56 Å². The lowest BCUT2D eigenvalue weighted by Crippen LogP contribution is -2.16. The van der Waals surface area contributed by atoms with E-state index in [4.69, 9.17) is 4.74 Å². The van der Waals surface area contributed by atoms with Crippen molar-refractivity contribution in [1.29, 1.82) is 0 Å². The summed E-state index contributed by atoms with van der Waals surface area (Å²) in [6.45, 7) is 1.75. The van der Waals surface area contributed by atoms with Gasteiger partial charge in [-0.3, -0.25) is 9.52 Å². The summed E-state index contributed by atoms with van der Waals surface area (Å²) in [6, 6.07) is 6.97. The van der Waals surface area contributed by atoms with Crippen molar-refractivity contribution in [2.45, 2.75) is 11.8 Å². The molecule has 0 radical (unpaired) electrons. The Kier molecular flexibility index (Phi) is 3.75. The summed E-state index contributed by atoms with van der Waals surface area (Å²) in [5.41, 5.74) is 0.290. The van der Waals surface area contributed by atoms with Crippen molar-refractivity contribution >= 4 is 15.8 Å². The molecule has 0 unspecified atom stereocenters. The number of hydrogen-bond acceptors (Lipinski definition) is 5. The third kappa shape index (κ3) is 2.97. The Bertz CT molecular complexity index is 763. The van der Waals surface area contributed by atoms with E-state index in [9.17, 15) is 13.2 Å². The van der Waals surface area contributed by atoms with Gasteiger partial charge in [0.25, 0.3) is 15.6 Å². The van der Waals surface area contributed by atoms with Crippen molar-refractivity contribution in [1.82, 2.24) is 10.2 Å². The fourth-order valence-electron chi connectivity index (χ4n) is 1.62. The first-order valence-corrected chi connectivity index (χ1v) is 7.14. The molecule has 2 N–H and O–H groups in total. The molecule has 0 aliphatic rings. The lowest BCUT2D eigenvalue weighted by molar-refractivity contribution is 0.411. The highest BCUT2D eigenvalue weighted by molar-refractivity contribution is 7.92. The average Bonchev–Trinajstić information content (AvgIpc) is 2.41. The Hall–Kier alpha value is -2.35. The highest BCUT2D eigenvalue weighted by atomic mass is 32.2. The zero-order valence-corrected chi connectivity index (χ0v) is 11.7. The SMILES string of the molecule is COc1ccc(S(=O)(=O)Nc2ccc(=O)[nH]n2)cc1C. The van der Waals surface area contributed by atoms with Crippen LogP contribution < -0.4 is 15.0 Å². The molecular formula is C12H13N3O4S. The number of aromatic amines is 1. The lowest BCUT2D eigenvalue weighted by Gasteiger charge is -2.09. The first-order chi connectivity index (χ1) is 9.42. The minimum atomic E-state index is -3.76. The Labute approximate surface area is 115 Å². The first kappa shape index (κ1) is 14.1. The van der Waals surface area contributed by atoms with Crippen molar-refractivity contribution in [3.63, 3.8) is 0 Å². The Morgan fingerprint density at radius 3 is 2.55 bits per heavy atom. The molecule has 0 aliphatic heterocycles. The van der Waals surface area contributed by atoms with Crippen LogP contribution in [0.25, 0.3) is 0 Å². The summed E-state index contributed by atoms with van der Waals surface area (Å²) < 4.78 is 31.7. The number of hydrogen-bond donors (Lipinski definition) is 2. The molecular weight excluding hydrogens is 282 g/mol. The number of benzene rings is 1. The van der Waals surface area contributed by atoms with Crippen LogP contribution in [0.4, 0.5) is 5.82 Å². The molecule has 20 heavy (non-hydrogen) atoms. The lowest BCUT2D eigenvalue weighted by atomic mass is 10.2. The molecule has 8 heteroatoms. The van der Waals surface area contributed by atoms with Gasteiger partial charge in [0.2, 0.25) is 0 Å². The van der Waals surface area contributed by atoms with Crippen molar-refractivity contribution in [2.24, 2.45) is 0 Å². The van der Waals surface area contributed by atoms with Crippen LogP contribution in [0.15, 0.2) is 40.0 Å². The fraction of sp³-hybridized carbons (Fsp3) is 0.167. The molecule has 0 bridgehead atoms. The minimum absolute atomic E-state index is 0.0399. The van der Waals surface area contributed by atoms with Gasteiger partial charge in [0.05, 0.1) is 12.0 Å². The normalized spacial score (nSPS) is 11.1. The van der Waals surface area contributed by atoms with Gasteiger partial charge in [-0.2, -0.15) is 5.10 Å². The van der Waals surface area contributed by atoms with Gasteiger partial charge in [0, 0.05) is 6.07 Å². The molecule has 0 spiro atoms.